The minimum atomic E-state index is -0.385. The van der Waals surface area contributed by atoms with E-state index in [1.165, 1.54) is 77.5 Å². The van der Waals surface area contributed by atoms with Crippen molar-refractivity contribution < 1.29 is 4.74 Å². The van der Waals surface area contributed by atoms with Gasteiger partial charge in [-0.2, -0.15) is 0 Å². The van der Waals surface area contributed by atoms with E-state index in [0.29, 0.717) is 0 Å². The smallest absolute Gasteiger partial charge is 0.131 e. The topological polar surface area (TPSA) is 9.23 Å². The molecule has 1 nitrogen and oxygen atoms in total. The Balaban J connectivity index is 1.23. The molecular weight excluding hydrogens is 544 g/mol. The number of fused-ring (bicyclic) bond motifs is 11. The van der Waals surface area contributed by atoms with Gasteiger partial charge in [-0.25, -0.2) is 0 Å². The second-order valence-electron chi connectivity index (χ2n) is 13.2. The Kier molecular flexibility index (Phi) is 4.78. The van der Waals surface area contributed by atoms with E-state index in [0.717, 1.165) is 11.5 Å². The fourth-order valence-electron chi connectivity index (χ4n) is 8.73. The molecule has 1 heteroatoms. The summed E-state index contributed by atoms with van der Waals surface area (Å²) in [4.78, 5) is 0. The lowest BCUT2D eigenvalue weighted by Crippen LogP contribution is -2.31. The molecule has 1 aliphatic heterocycles. The predicted octanol–water partition coefficient (Wildman–Crippen LogP) is 11.3. The summed E-state index contributed by atoms with van der Waals surface area (Å²) in [6.07, 6.45) is 0. The van der Waals surface area contributed by atoms with Crippen LogP contribution in [-0.4, -0.2) is 0 Å². The molecule has 10 rings (SSSR count). The lowest BCUT2D eigenvalue weighted by Gasteiger charge is -2.40. The molecule has 7 aromatic carbocycles. The van der Waals surface area contributed by atoms with Crippen molar-refractivity contribution in [3.05, 3.63) is 179 Å². The van der Waals surface area contributed by atoms with Gasteiger partial charge in [0.2, 0.25) is 0 Å². The molecule has 0 radical (unpaired) electrons. The first-order valence-electron chi connectivity index (χ1n) is 15.9. The lowest BCUT2D eigenvalue weighted by atomic mass is 9.61. The maximum absolute atomic E-state index is 6.39. The lowest BCUT2D eigenvalue weighted by molar-refractivity contribution is 0.418. The van der Waals surface area contributed by atoms with Gasteiger partial charge >= 0.3 is 0 Å². The van der Waals surface area contributed by atoms with Crippen LogP contribution in [0.5, 0.6) is 11.5 Å². The molecule has 0 N–H and O–H groups in total. The second-order valence-corrected chi connectivity index (χ2v) is 13.2. The molecule has 1 spiro atoms. The largest absolute Gasteiger partial charge is 0.457 e. The molecule has 3 aliphatic rings. The zero-order chi connectivity index (χ0) is 29.9. The van der Waals surface area contributed by atoms with Gasteiger partial charge in [0.15, 0.2) is 0 Å². The van der Waals surface area contributed by atoms with Crippen LogP contribution in [0, 0.1) is 0 Å². The fraction of sp³-hybridized carbons (Fsp3) is 0.0909. The summed E-state index contributed by atoms with van der Waals surface area (Å²) in [5.74, 6) is 1.89. The van der Waals surface area contributed by atoms with Crippen LogP contribution in [0.15, 0.2) is 146 Å². The molecule has 0 saturated carbocycles. The van der Waals surface area contributed by atoms with Crippen molar-refractivity contribution in [2.75, 3.05) is 0 Å². The van der Waals surface area contributed by atoms with Crippen LogP contribution in [0.4, 0.5) is 0 Å². The van der Waals surface area contributed by atoms with Crippen molar-refractivity contribution in [1.29, 1.82) is 0 Å². The highest BCUT2D eigenvalue weighted by Gasteiger charge is 2.50. The average Bonchev–Trinajstić information content (AvgIpc) is 3.37. The molecule has 1 atom stereocenters. The van der Waals surface area contributed by atoms with Crippen LogP contribution >= 0.6 is 0 Å². The van der Waals surface area contributed by atoms with Gasteiger partial charge in [-0.15, -0.1) is 0 Å². The van der Waals surface area contributed by atoms with Gasteiger partial charge < -0.3 is 4.74 Å². The number of ether oxygens (including phenoxy) is 1. The van der Waals surface area contributed by atoms with Crippen molar-refractivity contribution in [1.82, 2.24) is 0 Å². The molecule has 0 aromatic heterocycles. The zero-order valence-electron chi connectivity index (χ0n) is 25.3. The minimum absolute atomic E-state index is 0.161. The van der Waals surface area contributed by atoms with E-state index in [-0.39, 0.29) is 10.8 Å². The number of hydrogen-bond donors (Lipinski definition) is 0. The van der Waals surface area contributed by atoms with E-state index in [4.69, 9.17) is 4.74 Å². The summed E-state index contributed by atoms with van der Waals surface area (Å²) in [6, 6.07) is 54.0. The first-order valence-corrected chi connectivity index (χ1v) is 15.9. The highest BCUT2D eigenvalue weighted by molar-refractivity contribution is 6.07. The third kappa shape index (κ3) is 3.08. The van der Waals surface area contributed by atoms with E-state index >= 15 is 0 Å². The molecule has 212 valence electrons. The van der Waals surface area contributed by atoms with Crippen molar-refractivity contribution in [2.45, 2.75) is 24.7 Å². The van der Waals surface area contributed by atoms with E-state index < -0.39 is 0 Å². The Morgan fingerprint density at radius 3 is 1.76 bits per heavy atom. The highest BCUT2D eigenvalue weighted by atomic mass is 16.5. The second kappa shape index (κ2) is 8.61. The summed E-state index contributed by atoms with van der Waals surface area (Å²) in [5.41, 5.74) is 15.1. The molecule has 1 heterocycles. The van der Waals surface area contributed by atoms with Gasteiger partial charge in [0.05, 0.1) is 5.41 Å². The standard InChI is InChI=1S/C44H30O/c1-43(2)37-18-7-8-20-40(37)45-41-24-22-29(26-39(41)43)28-21-23-36-33(25-28)31-14-4-6-17-35(31)44(36)34-16-5-3-13-30(34)32-15-9-11-27-12-10-19-38(44)42(27)32/h3-26H,1-2H3. The number of para-hydroxylation sites is 1. The third-order valence-electron chi connectivity index (χ3n) is 10.7. The minimum Gasteiger partial charge on any atom is -0.457 e. The molecule has 0 saturated heterocycles. The average molecular weight is 575 g/mol. The Labute approximate surface area is 263 Å². The quantitative estimate of drug-likeness (QED) is 0.189. The number of rotatable bonds is 1. The Morgan fingerprint density at radius 2 is 0.956 bits per heavy atom. The highest BCUT2D eigenvalue weighted by Crippen LogP contribution is 2.62. The van der Waals surface area contributed by atoms with E-state index in [1.807, 2.05) is 6.07 Å². The maximum Gasteiger partial charge on any atom is 0.131 e. The first kappa shape index (κ1) is 25.0. The molecule has 45 heavy (non-hydrogen) atoms. The van der Waals surface area contributed by atoms with Crippen LogP contribution < -0.4 is 4.74 Å². The van der Waals surface area contributed by atoms with Crippen LogP contribution in [0.2, 0.25) is 0 Å². The molecule has 0 fully saturated rings. The molecular formula is C44H30O. The van der Waals surface area contributed by atoms with Crippen molar-refractivity contribution in [3.8, 4) is 44.9 Å². The molecule has 1 unspecified atom stereocenters. The normalized spacial score (nSPS) is 17.6. The van der Waals surface area contributed by atoms with Crippen LogP contribution in [0.1, 0.15) is 47.2 Å². The molecule has 0 amide bonds. The fourth-order valence-corrected chi connectivity index (χ4v) is 8.73. The van der Waals surface area contributed by atoms with Crippen molar-refractivity contribution in [3.63, 3.8) is 0 Å². The summed E-state index contributed by atoms with van der Waals surface area (Å²) in [7, 11) is 0. The SMILES string of the molecule is CC1(C)c2ccccc2Oc2ccc(-c3ccc4c(c3)-c3ccccc3C43c4ccccc4-c4cccc5cccc3c45)cc21. The summed E-state index contributed by atoms with van der Waals surface area (Å²) in [6.45, 7) is 4.61. The Hall–Kier alpha value is -5.40. The summed E-state index contributed by atoms with van der Waals surface area (Å²) < 4.78 is 6.39. The molecule has 0 bridgehead atoms. The van der Waals surface area contributed by atoms with Crippen LogP contribution in [0.3, 0.4) is 0 Å². The summed E-state index contributed by atoms with van der Waals surface area (Å²) >= 11 is 0. The van der Waals surface area contributed by atoms with Crippen LogP contribution in [0.25, 0.3) is 44.2 Å². The van der Waals surface area contributed by atoms with E-state index in [2.05, 4.69) is 153 Å². The van der Waals surface area contributed by atoms with E-state index in [9.17, 15) is 0 Å². The first-order chi connectivity index (χ1) is 22.1. The van der Waals surface area contributed by atoms with Gasteiger partial charge in [0.25, 0.3) is 0 Å². The summed E-state index contributed by atoms with van der Waals surface area (Å²) in [5, 5.41) is 2.66. The van der Waals surface area contributed by atoms with Gasteiger partial charge in [-0.05, 0) is 90.7 Å². The predicted molar refractivity (Wildman–Crippen MR) is 184 cm³/mol. The van der Waals surface area contributed by atoms with Gasteiger partial charge in [-0.3, -0.25) is 0 Å². The van der Waals surface area contributed by atoms with Gasteiger partial charge in [0.1, 0.15) is 11.5 Å². The van der Waals surface area contributed by atoms with Gasteiger partial charge in [0, 0.05) is 16.5 Å². The zero-order valence-corrected chi connectivity index (χ0v) is 25.3. The maximum atomic E-state index is 6.39. The Bertz CT molecular complexity index is 2390. The van der Waals surface area contributed by atoms with Crippen molar-refractivity contribution >= 4 is 10.8 Å². The molecule has 2 aliphatic carbocycles. The Morgan fingerprint density at radius 1 is 0.400 bits per heavy atom. The third-order valence-corrected chi connectivity index (χ3v) is 10.7. The van der Waals surface area contributed by atoms with Gasteiger partial charge in [-0.1, -0.05) is 135 Å². The monoisotopic (exact) mass is 574 g/mol. The molecule has 7 aromatic rings. The number of benzene rings is 7. The number of hydrogen-bond acceptors (Lipinski definition) is 1. The van der Waals surface area contributed by atoms with E-state index in [1.54, 1.807) is 0 Å². The van der Waals surface area contributed by atoms with Crippen LogP contribution in [-0.2, 0) is 10.8 Å². The van der Waals surface area contributed by atoms with Crippen molar-refractivity contribution in [2.24, 2.45) is 0 Å².